The van der Waals surface area contributed by atoms with Crippen LogP contribution in [0.2, 0.25) is 10.0 Å². The van der Waals surface area contributed by atoms with Crippen molar-refractivity contribution in [2.45, 2.75) is 84.1 Å². The Morgan fingerprint density at radius 3 is 2.49 bits per heavy atom. The number of ether oxygens (including phenoxy) is 2. The minimum absolute atomic E-state index is 0.0227. The summed E-state index contributed by atoms with van der Waals surface area (Å²) < 4.78 is 45.2. The maximum atomic E-state index is 14.7. The van der Waals surface area contributed by atoms with Crippen molar-refractivity contribution in [2.75, 3.05) is 19.6 Å². The molecule has 2 fully saturated rings. The predicted molar refractivity (Wildman–Crippen MR) is 202 cm³/mol. The van der Waals surface area contributed by atoms with E-state index in [-0.39, 0.29) is 59.8 Å². The molecule has 1 saturated carbocycles. The summed E-state index contributed by atoms with van der Waals surface area (Å²) in [6.07, 6.45) is 4.03. The highest BCUT2D eigenvalue weighted by atomic mass is 35.5. The van der Waals surface area contributed by atoms with E-state index in [0.717, 1.165) is 41.7 Å². The molecule has 55 heavy (non-hydrogen) atoms. The molecule has 11 nitrogen and oxygen atoms in total. The number of nitrogens with zero attached hydrogens (tertiary/aromatic N) is 4. The van der Waals surface area contributed by atoms with Gasteiger partial charge in [0, 0.05) is 68.4 Å². The average Bonchev–Trinajstić information content (AvgIpc) is 3.88. The number of hydrogen-bond donors (Lipinski definition) is 1. The third kappa shape index (κ3) is 10.1. The molecule has 2 aromatic carbocycles. The molecule has 0 spiro atoms. The SMILES string of the molecule is CC(=O)NCCc1ccc(Cl)c(CN(C(=O)C2CN(C(=O)OC(C)(C)C)CCC2c2ccc(OCc3cc(-c4c(F)ccc(F)c4Cl)no3)nc2)C2CC2)c1. The van der Waals surface area contributed by atoms with Crippen LogP contribution in [0.15, 0.2) is 59.3 Å². The smallest absolute Gasteiger partial charge is 0.410 e. The molecule has 2 unspecified atom stereocenters. The lowest BCUT2D eigenvalue weighted by Gasteiger charge is -2.40. The Bertz CT molecular complexity index is 2030. The predicted octanol–water partition coefficient (Wildman–Crippen LogP) is 8.11. The lowest BCUT2D eigenvalue weighted by molar-refractivity contribution is -0.139. The number of hydrogen-bond acceptors (Lipinski definition) is 8. The fraction of sp³-hybridized carbons (Fsp3) is 0.425. The van der Waals surface area contributed by atoms with Crippen LogP contribution in [0.3, 0.4) is 0 Å². The minimum Gasteiger partial charge on any atom is -0.469 e. The highest BCUT2D eigenvalue weighted by Crippen LogP contribution is 2.39. The number of halogens is 4. The zero-order chi connectivity index (χ0) is 39.4. The van der Waals surface area contributed by atoms with Crippen LogP contribution < -0.4 is 10.1 Å². The summed E-state index contributed by atoms with van der Waals surface area (Å²) in [5.41, 5.74) is 1.72. The van der Waals surface area contributed by atoms with Crippen molar-refractivity contribution in [1.82, 2.24) is 25.3 Å². The quantitative estimate of drug-likeness (QED) is 0.143. The van der Waals surface area contributed by atoms with Gasteiger partial charge in [-0.2, -0.15) is 0 Å². The maximum absolute atomic E-state index is 14.7. The summed E-state index contributed by atoms with van der Waals surface area (Å²) in [4.78, 5) is 47.3. The summed E-state index contributed by atoms with van der Waals surface area (Å²) in [5, 5.41) is 6.78. The van der Waals surface area contributed by atoms with Gasteiger partial charge in [0.1, 0.15) is 22.9 Å². The van der Waals surface area contributed by atoms with Crippen LogP contribution >= 0.6 is 23.2 Å². The largest absolute Gasteiger partial charge is 0.469 e. The van der Waals surface area contributed by atoms with Gasteiger partial charge < -0.3 is 29.1 Å². The molecule has 1 saturated heterocycles. The van der Waals surface area contributed by atoms with Gasteiger partial charge in [0.25, 0.3) is 0 Å². The third-order valence-electron chi connectivity index (χ3n) is 9.50. The zero-order valence-corrected chi connectivity index (χ0v) is 32.6. The molecule has 0 bridgehead atoms. The minimum atomic E-state index is -0.784. The van der Waals surface area contributed by atoms with Gasteiger partial charge in [0.15, 0.2) is 12.4 Å². The van der Waals surface area contributed by atoms with Gasteiger partial charge in [-0.1, -0.05) is 46.6 Å². The molecule has 0 radical (unpaired) electrons. The van der Waals surface area contributed by atoms with Crippen molar-refractivity contribution < 1.29 is 37.2 Å². The Labute approximate surface area is 328 Å². The molecular formula is C40H43Cl2F2N5O6. The number of aromatic nitrogens is 2. The monoisotopic (exact) mass is 797 g/mol. The molecule has 1 aliphatic heterocycles. The van der Waals surface area contributed by atoms with Crippen molar-refractivity contribution >= 4 is 41.1 Å². The molecule has 4 aromatic rings. The molecule has 1 aliphatic carbocycles. The van der Waals surface area contributed by atoms with Crippen molar-refractivity contribution in [3.05, 3.63) is 98.9 Å². The average molecular weight is 799 g/mol. The van der Waals surface area contributed by atoms with E-state index < -0.39 is 34.3 Å². The third-order valence-corrected chi connectivity index (χ3v) is 10.2. The molecule has 2 aromatic heterocycles. The van der Waals surface area contributed by atoms with Crippen molar-refractivity contribution in [3.8, 4) is 17.1 Å². The molecule has 292 valence electrons. The van der Waals surface area contributed by atoms with Crippen LogP contribution in [-0.4, -0.2) is 69.1 Å². The van der Waals surface area contributed by atoms with Crippen LogP contribution in [-0.2, 0) is 33.9 Å². The Balaban J connectivity index is 1.19. The molecule has 2 aliphatic rings. The summed E-state index contributed by atoms with van der Waals surface area (Å²) >= 11 is 12.7. The fourth-order valence-corrected chi connectivity index (χ4v) is 7.08. The van der Waals surface area contributed by atoms with Gasteiger partial charge >= 0.3 is 6.09 Å². The number of amides is 3. The van der Waals surface area contributed by atoms with Crippen LogP contribution in [0.4, 0.5) is 13.6 Å². The topological polar surface area (TPSA) is 127 Å². The first-order chi connectivity index (χ1) is 26.2. The number of carbonyl (C=O) groups excluding carboxylic acids is 3. The standard InChI is InChI=1S/C40H43Cl2F2N5O6/c1-23(50)45-15-13-24-5-9-31(41)26(17-24)20-49(27-7-8-27)38(51)30-21-48(39(52)54-40(2,3)4)16-14-29(30)25-6-12-35(46-19-25)53-22-28-18-34(47-55-28)36-32(43)10-11-33(44)37(36)42/h5-6,9-12,17-19,27,29-30H,7-8,13-16,20-22H2,1-4H3,(H,45,50). The van der Waals surface area contributed by atoms with E-state index in [1.165, 1.54) is 13.0 Å². The van der Waals surface area contributed by atoms with Crippen LogP contribution in [0.1, 0.15) is 75.3 Å². The molecule has 3 heterocycles. The summed E-state index contributed by atoms with van der Waals surface area (Å²) in [6.45, 7) is 8.12. The number of carbonyl (C=O) groups is 3. The van der Waals surface area contributed by atoms with E-state index in [0.29, 0.717) is 37.5 Å². The summed E-state index contributed by atoms with van der Waals surface area (Å²) in [5.74, 6) is -2.08. The van der Waals surface area contributed by atoms with Crippen molar-refractivity contribution in [3.63, 3.8) is 0 Å². The summed E-state index contributed by atoms with van der Waals surface area (Å²) in [7, 11) is 0. The van der Waals surface area contributed by atoms with E-state index in [1.54, 1.807) is 37.9 Å². The second-order valence-electron chi connectivity index (χ2n) is 14.9. The number of likely N-dealkylation sites (tertiary alicyclic amines) is 1. The van der Waals surface area contributed by atoms with Gasteiger partial charge in [-0.15, -0.1) is 0 Å². The second-order valence-corrected chi connectivity index (χ2v) is 15.7. The van der Waals surface area contributed by atoms with Crippen LogP contribution in [0, 0.1) is 17.6 Å². The van der Waals surface area contributed by atoms with Crippen LogP contribution in [0.25, 0.3) is 11.3 Å². The number of nitrogens with one attached hydrogen (secondary N) is 1. The number of rotatable bonds is 12. The molecular weight excluding hydrogens is 755 g/mol. The normalized spacial score (nSPS) is 17.1. The van der Waals surface area contributed by atoms with Crippen molar-refractivity contribution in [2.24, 2.45) is 5.92 Å². The van der Waals surface area contributed by atoms with Gasteiger partial charge in [-0.25, -0.2) is 18.6 Å². The molecule has 6 rings (SSSR count). The first kappa shape index (κ1) is 39.9. The maximum Gasteiger partial charge on any atom is 0.410 e. The highest BCUT2D eigenvalue weighted by Gasteiger charge is 2.43. The first-order valence-corrected chi connectivity index (χ1v) is 18.9. The Morgan fingerprint density at radius 1 is 1.04 bits per heavy atom. The van der Waals surface area contributed by atoms with Crippen molar-refractivity contribution in [1.29, 1.82) is 0 Å². The highest BCUT2D eigenvalue weighted by molar-refractivity contribution is 6.33. The Kier molecular flexibility index (Phi) is 12.3. The van der Waals surface area contributed by atoms with Gasteiger partial charge in [0.2, 0.25) is 17.7 Å². The van der Waals surface area contributed by atoms with E-state index in [1.807, 2.05) is 29.2 Å². The Hall–Kier alpha value is -4.75. The number of piperidine rings is 1. The first-order valence-electron chi connectivity index (χ1n) is 18.1. The molecule has 1 N–H and O–H groups in total. The zero-order valence-electron chi connectivity index (χ0n) is 31.0. The van der Waals surface area contributed by atoms with E-state index in [4.69, 9.17) is 37.2 Å². The van der Waals surface area contributed by atoms with E-state index >= 15 is 0 Å². The lowest BCUT2D eigenvalue weighted by Crippen LogP contribution is -2.51. The molecule has 15 heteroatoms. The molecule has 3 amide bonds. The van der Waals surface area contributed by atoms with E-state index in [9.17, 15) is 23.2 Å². The Morgan fingerprint density at radius 2 is 1.80 bits per heavy atom. The fourth-order valence-electron chi connectivity index (χ4n) is 6.65. The van der Waals surface area contributed by atoms with Gasteiger partial charge in [0.05, 0.1) is 16.5 Å². The van der Waals surface area contributed by atoms with Gasteiger partial charge in [-0.05, 0) is 81.3 Å². The molecule has 2 atom stereocenters. The lowest BCUT2D eigenvalue weighted by atomic mass is 9.80. The second kappa shape index (κ2) is 16.9. The van der Waals surface area contributed by atoms with Crippen LogP contribution in [0.5, 0.6) is 5.88 Å². The van der Waals surface area contributed by atoms with E-state index in [2.05, 4.69) is 15.5 Å². The number of pyridine rings is 1. The summed E-state index contributed by atoms with van der Waals surface area (Å²) in [6, 6.07) is 12.6. The van der Waals surface area contributed by atoms with Gasteiger partial charge in [-0.3, -0.25) is 9.59 Å². The number of benzene rings is 2.